The van der Waals surface area contributed by atoms with E-state index in [0.717, 1.165) is 23.0 Å². The third-order valence-electron chi connectivity index (χ3n) is 2.76. The molecule has 16 heavy (non-hydrogen) atoms. The van der Waals surface area contributed by atoms with E-state index >= 15 is 0 Å². The van der Waals surface area contributed by atoms with Crippen molar-refractivity contribution in [1.29, 1.82) is 0 Å². The van der Waals surface area contributed by atoms with E-state index in [9.17, 15) is 4.79 Å². The van der Waals surface area contributed by atoms with Crippen molar-refractivity contribution in [2.75, 3.05) is 6.61 Å². The van der Waals surface area contributed by atoms with E-state index in [-0.39, 0.29) is 6.10 Å². The van der Waals surface area contributed by atoms with Crippen LogP contribution in [0.5, 0.6) is 0 Å². The Labute approximate surface area is 108 Å². The number of hydrogen-bond acceptors (Lipinski definition) is 2. The molecule has 1 N–H and O–H groups in total. The van der Waals surface area contributed by atoms with Gasteiger partial charge in [-0.25, -0.2) is 4.79 Å². The van der Waals surface area contributed by atoms with E-state index in [0.29, 0.717) is 12.2 Å². The van der Waals surface area contributed by atoms with Crippen molar-refractivity contribution in [3.8, 4) is 0 Å². The van der Waals surface area contributed by atoms with E-state index in [1.807, 2.05) is 6.20 Å². The molecule has 1 aliphatic rings. The molecule has 1 aromatic heterocycles. The lowest BCUT2D eigenvalue weighted by Gasteiger charge is -2.23. The number of aromatic carboxylic acids is 1. The molecule has 1 aliphatic heterocycles. The van der Waals surface area contributed by atoms with Crippen molar-refractivity contribution in [2.45, 2.75) is 31.9 Å². The van der Waals surface area contributed by atoms with Gasteiger partial charge in [-0.05, 0) is 47.9 Å². The third-order valence-corrected chi connectivity index (χ3v) is 3.35. The molecule has 1 fully saturated rings. The largest absolute Gasteiger partial charge is 0.477 e. The van der Waals surface area contributed by atoms with Crippen LogP contribution in [0.4, 0.5) is 0 Å². The fourth-order valence-corrected chi connectivity index (χ4v) is 2.61. The number of carboxylic acids is 1. The van der Waals surface area contributed by atoms with Gasteiger partial charge in [-0.1, -0.05) is 0 Å². The van der Waals surface area contributed by atoms with Crippen molar-refractivity contribution < 1.29 is 14.6 Å². The third kappa shape index (κ3) is 2.76. The Morgan fingerprint density at radius 3 is 3.06 bits per heavy atom. The summed E-state index contributed by atoms with van der Waals surface area (Å²) >= 11 is 2.13. The van der Waals surface area contributed by atoms with Gasteiger partial charge in [0.1, 0.15) is 5.69 Å². The minimum absolute atomic E-state index is 0.162. The van der Waals surface area contributed by atoms with Crippen molar-refractivity contribution in [3.05, 3.63) is 21.5 Å². The number of hydrogen-bond donors (Lipinski definition) is 1. The molecule has 0 spiro atoms. The van der Waals surface area contributed by atoms with Gasteiger partial charge in [0.2, 0.25) is 0 Å². The summed E-state index contributed by atoms with van der Waals surface area (Å²) in [4.78, 5) is 11.0. The van der Waals surface area contributed by atoms with Gasteiger partial charge in [0, 0.05) is 22.9 Å². The second kappa shape index (κ2) is 5.18. The van der Waals surface area contributed by atoms with Crippen LogP contribution in [-0.4, -0.2) is 28.4 Å². The van der Waals surface area contributed by atoms with Gasteiger partial charge in [0.05, 0.1) is 6.10 Å². The standard InChI is InChI=1S/C11H14INO3/c12-8-5-10(11(14)15)13(6-8)7-9-3-1-2-4-16-9/h5-6,9H,1-4,7H2,(H,14,15). The average Bonchev–Trinajstić information content (AvgIpc) is 2.61. The molecule has 0 radical (unpaired) electrons. The van der Waals surface area contributed by atoms with Gasteiger partial charge in [-0.3, -0.25) is 0 Å². The number of ether oxygens (including phenoxy) is 1. The SMILES string of the molecule is O=C(O)c1cc(I)cn1CC1CCCCO1. The Bertz CT molecular complexity index is 383. The monoisotopic (exact) mass is 335 g/mol. The first-order chi connectivity index (χ1) is 7.66. The van der Waals surface area contributed by atoms with E-state index in [1.54, 1.807) is 10.6 Å². The molecule has 88 valence electrons. The highest BCUT2D eigenvalue weighted by atomic mass is 127. The van der Waals surface area contributed by atoms with Crippen LogP contribution in [-0.2, 0) is 11.3 Å². The van der Waals surface area contributed by atoms with E-state index in [4.69, 9.17) is 9.84 Å². The number of aromatic nitrogens is 1. The van der Waals surface area contributed by atoms with Crippen LogP contribution in [0.25, 0.3) is 0 Å². The van der Waals surface area contributed by atoms with E-state index < -0.39 is 5.97 Å². The van der Waals surface area contributed by atoms with Crippen molar-refractivity contribution in [1.82, 2.24) is 4.57 Å². The summed E-state index contributed by atoms with van der Waals surface area (Å²) < 4.78 is 8.34. The molecule has 0 aromatic carbocycles. The average molecular weight is 335 g/mol. The van der Waals surface area contributed by atoms with Gasteiger partial charge in [-0.2, -0.15) is 0 Å². The fourth-order valence-electron chi connectivity index (χ4n) is 1.98. The lowest BCUT2D eigenvalue weighted by Crippen LogP contribution is -2.25. The number of nitrogens with zero attached hydrogens (tertiary/aromatic N) is 1. The Hall–Kier alpha value is -0.560. The molecule has 1 aromatic rings. The summed E-state index contributed by atoms with van der Waals surface area (Å²) in [6, 6.07) is 1.69. The summed E-state index contributed by atoms with van der Waals surface area (Å²) in [7, 11) is 0. The zero-order valence-corrected chi connectivity index (χ0v) is 11.0. The molecule has 1 atom stereocenters. The first-order valence-electron chi connectivity index (χ1n) is 5.37. The minimum atomic E-state index is -0.876. The normalized spacial score (nSPS) is 20.9. The molecule has 0 bridgehead atoms. The van der Waals surface area contributed by atoms with Gasteiger partial charge < -0.3 is 14.4 Å². The zero-order valence-electron chi connectivity index (χ0n) is 8.86. The second-order valence-electron chi connectivity index (χ2n) is 3.99. The smallest absolute Gasteiger partial charge is 0.352 e. The molecule has 2 heterocycles. The van der Waals surface area contributed by atoms with Crippen LogP contribution < -0.4 is 0 Å². The molecule has 0 saturated carbocycles. The molecule has 2 rings (SSSR count). The van der Waals surface area contributed by atoms with Crippen LogP contribution in [0.3, 0.4) is 0 Å². The summed E-state index contributed by atoms with van der Waals surface area (Å²) in [5, 5.41) is 9.04. The minimum Gasteiger partial charge on any atom is -0.477 e. The Morgan fingerprint density at radius 1 is 1.62 bits per heavy atom. The van der Waals surface area contributed by atoms with Gasteiger partial charge in [0.25, 0.3) is 0 Å². The predicted octanol–water partition coefficient (Wildman–Crippen LogP) is 2.36. The lowest BCUT2D eigenvalue weighted by molar-refractivity contribution is 0.00544. The molecular formula is C11H14INO3. The zero-order chi connectivity index (χ0) is 11.5. The molecule has 0 amide bonds. The van der Waals surface area contributed by atoms with Crippen LogP contribution in [0.15, 0.2) is 12.3 Å². The lowest BCUT2D eigenvalue weighted by atomic mass is 10.1. The number of rotatable bonds is 3. The molecular weight excluding hydrogens is 321 g/mol. The number of carbonyl (C=O) groups is 1. The van der Waals surface area contributed by atoms with E-state index in [1.165, 1.54) is 6.42 Å². The van der Waals surface area contributed by atoms with Crippen LogP contribution in [0, 0.1) is 3.57 Å². The molecule has 0 aliphatic carbocycles. The maximum atomic E-state index is 11.0. The second-order valence-corrected chi connectivity index (χ2v) is 5.24. The maximum absolute atomic E-state index is 11.0. The molecule has 1 saturated heterocycles. The van der Waals surface area contributed by atoms with Crippen molar-refractivity contribution in [3.63, 3.8) is 0 Å². The van der Waals surface area contributed by atoms with Crippen LogP contribution >= 0.6 is 22.6 Å². The predicted molar refractivity (Wildman–Crippen MR) is 67.7 cm³/mol. The summed E-state index contributed by atoms with van der Waals surface area (Å²) in [5.41, 5.74) is 0.346. The quantitative estimate of drug-likeness (QED) is 0.863. The van der Waals surface area contributed by atoms with Gasteiger partial charge in [0.15, 0.2) is 0 Å². The molecule has 1 unspecified atom stereocenters. The topological polar surface area (TPSA) is 51.5 Å². The highest BCUT2D eigenvalue weighted by Gasteiger charge is 2.18. The van der Waals surface area contributed by atoms with Crippen molar-refractivity contribution in [2.24, 2.45) is 0 Å². The molecule has 5 heteroatoms. The molecule has 4 nitrogen and oxygen atoms in total. The number of carboxylic acid groups (broad SMARTS) is 1. The fraction of sp³-hybridized carbons (Fsp3) is 0.545. The van der Waals surface area contributed by atoms with E-state index in [2.05, 4.69) is 22.6 Å². The Kier molecular flexibility index (Phi) is 3.86. The number of halogens is 1. The first kappa shape index (κ1) is 11.9. The first-order valence-corrected chi connectivity index (χ1v) is 6.45. The van der Waals surface area contributed by atoms with Gasteiger partial charge >= 0.3 is 5.97 Å². The summed E-state index contributed by atoms with van der Waals surface area (Å²) in [6.07, 6.45) is 5.34. The highest BCUT2D eigenvalue weighted by molar-refractivity contribution is 14.1. The Morgan fingerprint density at radius 2 is 2.44 bits per heavy atom. The summed E-state index contributed by atoms with van der Waals surface area (Å²) in [6.45, 7) is 1.44. The highest BCUT2D eigenvalue weighted by Crippen LogP contribution is 2.18. The Balaban J connectivity index is 2.10. The van der Waals surface area contributed by atoms with Crippen molar-refractivity contribution >= 4 is 28.6 Å². The van der Waals surface area contributed by atoms with Crippen LogP contribution in [0.2, 0.25) is 0 Å². The maximum Gasteiger partial charge on any atom is 0.352 e. The summed E-state index contributed by atoms with van der Waals surface area (Å²) in [5.74, 6) is -0.876. The van der Waals surface area contributed by atoms with Gasteiger partial charge in [-0.15, -0.1) is 0 Å². The van der Waals surface area contributed by atoms with Crippen LogP contribution in [0.1, 0.15) is 29.8 Å².